The average Bonchev–Trinajstić information content (AvgIpc) is 3.26. The van der Waals surface area contributed by atoms with Crippen LogP contribution in [0.2, 0.25) is 0 Å². The Morgan fingerprint density at radius 1 is 0.706 bits per heavy atom. The number of guanidine groups is 1. The summed E-state index contributed by atoms with van der Waals surface area (Å²) < 4.78 is 5.58. The van der Waals surface area contributed by atoms with Gasteiger partial charge in [-0.25, -0.2) is 4.79 Å². The molecule has 22 nitrogen and oxygen atoms in total. The fourth-order valence-electron chi connectivity index (χ4n) is 7.38. The maximum absolute atomic E-state index is 14.1. The molecule has 1 aliphatic rings. The first-order chi connectivity index (χ1) is 32.1. The SMILES string of the molecule is CC1NC(=O)C(CCC(N)=O)NC(=O)C(C(C)O)NC(=O)C(Cc2ccc(O)cc2)NC(=O)C(C(C)C)NC(=O)C(NC(=O)CC(O)CCCCCCCCCCCCN=C(N)N)C(C)OC1=O. The van der Waals surface area contributed by atoms with Crippen LogP contribution in [-0.4, -0.2) is 130 Å². The maximum atomic E-state index is 14.1. The Morgan fingerprint density at radius 2 is 1.24 bits per heavy atom. The number of phenolic OH excluding ortho intramolecular Hbond substituents is 1. The first-order valence-electron chi connectivity index (χ1n) is 23.6. The van der Waals surface area contributed by atoms with E-state index in [-0.39, 0.29) is 24.6 Å². The number of carbonyl (C=O) groups is 8. The number of aliphatic hydroxyl groups is 2. The predicted molar refractivity (Wildman–Crippen MR) is 252 cm³/mol. The Bertz CT molecular complexity index is 1840. The van der Waals surface area contributed by atoms with Crippen molar-refractivity contribution in [3.05, 3.63) is 29.8 Å². The predicted octanol–water partition coefficient (Wildman–Crippen LogP) is -0.573. The van der Waals surface area contributed by atoms with E-state index in [0.29, 0.717) is 24.9 Å². The topological polar surface area (TPSA) is 369 Å². The van der Waals surface area contributed by atoms with Crippen LogP contribution >= 0.6 is 0 Å². The molecule has 0 aliphatic carbocycles. The second-order valence-corrected chi connectivity index (χ2v) is 17.9. The third kappa shape index (κ3) is 22.2. The number of primary amides is 1. The summed E-state index contributed by atoms with van der Waals surface area (Å²) >= 11 is 0. The van der Waals surface area contributed by atoms with Gasteiger partial charge in [-0.05, 0) is 63.6 Å². The van der Waals surface area contributed by atoms with Gasteiger partial charge in [0.25, 0.3) is 0 Å². The standard InChI is InChI=1S/C46H76N10O12/c1-26(2)37-42(64)53-34(24-30-17-19-31(58)20-18-30)41(63)56-38(28(4)57)43(65)52-33(21-22-35(47)60)40(62)51-27(3)45(67)68-29(5)39(44(66)55-37)54-36(61)25-32(59)16-14-12-10-8-6-7-9-11-13-15-23-50-46(48)49/h17-20,26-29,32-34,37-39,57-59H,6-16,21-25H2,1-5H3,(H2,47,60)(H,51,62)(H,52,65)(H,53,64)(H,54,61)(H,55,66)(H,56,63)(H4,48,49,50). The molecule has 382 valence electrons. The first-order valence-corrected chi connectivity index (χ1v) is 23.6. The van der Waals surface area contributed by atoms with Gasteiger partial charge in [-0.1, -0.05) is 83.8 Å². The smallest absolute Gasteiger partial charge is 0.328 e. The van der Waals surface area contributed by atoms with Crippen LogP contribution < -0.4 is 49.1 Å². The molecule has 68 heavy (non-hydrogen) atoms. The summed E-state index contributed by atoms with van der Waals surface area (Å²) in [6.07, 6.45) is 4.87. The average molecular weight is 961 g/mol. The molecule has 1 aliphatic heterocycles. The van der Waals surface area contributed by atoms with Crippen molar-refractivity contribution in [3.8, 4) is 5.75 Å². The highest BCUT2D eigenvalue weighted by Gasteiger charge is 2.38. The van der Waals surface area contributed by atoms with E-state index in [0.717, 1.165) is 57.8 Å². The van der Waals surface area contributed by atoms with E-state index >= 15 is 0 Å². The van der Waals surface area contributed by atoms with E-state index in [1.54, 1.807) is 13.8 Å². The number of ether oxygens (including phenoxy) is 1. The van der Waals surface area contributed by atoms with Crippen molar-refractivity contribution in [1.29, 1.82) is 0 Å². The van der Waals surface area contributed by atoms with Gasteiger partial charge < -0.3 is 69.2 Å². The van der Waals surface area contributed by atoms with E-state index in [1.807, 2.05) is 0 Å². The molecule has 0 saturated carbocycles. The summed E-state index contributed by atoms with van der Waals surface area (Å²) in [6.45, 7) is 7.60. The number of nitrogens with one attached hydrogen (secondary N) is 6. The number of unbranched alkanes of at least 4 members (excludes halogenated alkanes) is 9. The number of phenols is 1. The van der Waals surface area contributed by atoms with Gasteiger partial charge >= 0.3 is 5.97 Å². The van der Waals surface area contributed by atoms with Gasteiger partial charge in [0, 0.05) is 19.4 Å². The summed E-state index contributed by atoms with van der Waals surface area (Å²) in [5, 5.41) is 46.2. The van der Waals surface area contributed by atoms with Gasteiger partial charge in [-0.15, -0.1) is 0 Å². The van der Waals surface area contributed by atoms with Gasteiger partial charge in [0.1, 0.15) is 48.1 Å². The number of amides is 7. The van der Waals surface area contributed by atoms with Crippen LogP contribution in [0.25, 0.3) is 0 Å². The number of aromatic hydroxyl groups is 1. The van der Waals surface area contributed by atoms with E-state index in [9.17, 15) is 53.7 Å². The van der Waals surface area contributed by atoms with Crippen molar-refractivity contribution < 1.29 is 58.4 Å². The van der Waals surface area contributed by atoms with Crippen molar-refractivity contribution in [1.82, 2.24) is 31.9 Å². The van der Waals surface area contributed by atoms with E-state index < -0.39 is 121 Å². The number of aliphatic imine (C=N–C) groups is 1. The molecule has 0 aromatic heterocycles. The fourth-order valence-corrected chi connectivity index (χ4v) is 7.38. The van der Waals surface area contributed by atoms with Crippen molar-refractivity contribution >= 4 is 53.3 Å². The zero-order chi connectivity index (χ0) is 50.9. The molecule has 0 spiro atoms. The molecule has 1 saturated heterocycles. The summed E-state index contributed by atoms with van der Waals surface area (Å²) in [5.41, 5.74) is 16.5. The van der Waals surface area contributed by atoms with Gasteiger partial charge in [0.15, 0.2) is 5.96 Å². The molecule has 1 aromatic rings. The van der Waals surface area contributed by atoms with Crippen molar-refractivity contribution in [3.63, 3.8) is 0 Å². The zero-order valence-corrected chi connectivity index (χ0v) is 40.1. The first kappa shape index (κ1) is 58.1. The van der Waals surface area contributed by atoms with E-state index in [2.05, 4.69) is 36.9 Å². The fraction of sp³-hybridized carbons (Fsp3) is 0.674. The lowest BCUT2D eigenvalue weighted by molar-refractivity contribution is -0.155. The minimum Gasteiger partial charge on any atom is -0.508 e. The number of benzene rings is 1. The lowest BCUT2D eigenvalue weighted by Gasteiger charge is -2.30. The van der Waals surface area contributed by atoms with Crippen LogP contribution in [0.5, 0.6) is 5.75 Å². The number of rotatable bonds is 23. The van der Waals surface area contributed by atoms with Gasteiger partial charge in [-0.2, -0.15) is 0 Å². The zero-order valence-electron chi connectivity index (χ0n) is 40.1. The minimum atomic E-state index is -1.72. The number of nitrogens with zero attached hydrogens (tertiary/aromatic N) is 1. The molecule has 1 fully saturated rings. The number of cyclic esters (lactones) is 1. The molecule has 9 atom stereocenters. The van der Waals surface area contributed by atoms with Crippen LogP contribution in [0.4, 0.5) is 0 Å². The highest BCUT2D eigenvalue weighted by atomic mass is 16.5. The van der Waals surface area contributed by atoms with Crippen LogP contribution in [0.3, 0.4) is 0 Å². The maximum Gasteiger partial charge on any atom is 0.328 e. The van der Waals surface area contributed by atoms with Crippen molar-refractivity contribution in [2.45, 2.75) is 185 Å². The quantitative estimate of drug-likeness (QED) is 0.0283. The molecule has 9 unspecified atom stereocenters. The number of nitrogens with two attached hydrogens (primary N) is 3. The van der Waals surface area contributed by atoms with Crippen LogP contribution in [0.1, 0.15) is 130 Å². The Hall–Kier alpha value is -6.03. The van der Waals surface area contributed by atoms with Gasteiger partial charge in [-0.3, -0.25) is 38.6 Å². The lowest BCUT2D eigenvalue weighted by Crippen LogP contribution is -2.62. The second kappa shape index (κ2) is 30.4. The van der Waals surface area contributed by atoms with Gasteiger partial charge in [0.05, 0.1) is 18.6 Å². The molecule has 1 heterocycles. The number of carbonyl (C=O) groups excluding carboxylic acids is 8. The molecule has 0 bridgehead atoms. The van der Waals surface area contributed by atoms with Crippen LogP contribution in [-0.2, 0) is 49.5 Å². The Morgan fingerprint density at radius 3 is 1.79 bits per heavy atom. The Balaban J connectivity index is 2.33. The van der Waals surface area contributed by atoms with Crippen LogP contribution in [0.15, 0.2) is 29.3 Å². The summed E-state index contributed by atoms with van der Waals surface area (Å²) in [5.74, 6) is -8.06. The number of esters is 1. The minimum absolute atomic E-state index is 0.0747. The highest BCUT2D eigenvalue weighted by molar-refractivity contribution is 5.97. The monoisotopic (exact) mass is 961 g/mol. The molecule has 1 aromatic carbocycles. The molecule has 0 radical (unpaired) electrons. The second-order valence-electron chi connectivity index (χ2n) is 17.9. The van der Waals surface area contributed by atoms with Crippen molar-refractivity contribution in [2.24, 2.45) is 28.1 Å². The summed E-state index contributed by atoms with van der Waals surface area (Å²) in [4.78, 5) is 112. The van der Waals surface area contributed by atoms with Gasteiger partial charge in [0.2, 0.25) is 41.4 Å². The number of hydrogen-bond donors (Lipinski definition) is 12. The van der Waals surface area contributed by atoms with E-state index in [4.69, 9.17) is 21.9 Å². The third-order valence-electron chi connectivity index (χ3n) is 11.4. The third-order valence-corrected chi connectivity index (χ3v) is 11.4. The van der Waals surface area contributed by atoms with Crippen molar-refractivity contribution in [2.75, 3.05) is 6.54 Å². The summed E-state index contributed by atoms with van der Waals surface area (Å²) in [7, 11) is 0. The molecule has 2 rings (SSSR count). The number of aliphatic hydroxyl groups excluding tert-OH is 2. The largest absolute Gasteiger partial charge is 0.508 e. The van der Waals surface area contributed by atoms with Crippen LogP contribution in [0, 0.1) is 5.92 Å². The molecular weight excluding hydrogens is 885 g/mol. The molecule has 22 heteroatoms. The highest BCUT2D eigenvalue weighted by Crippen LogP contribution is 2.16. The Labute approximate surface area is 398 Å². The normalized spacial score (nSPS) is 23.2. The number of hydrogen-bond acceptors (Lipinski definition) is 13. The molecule has 15 N–H and O–H groups in total. The van der Waals surface area contributed by atoms with E-state index in [1.165, 1.54) is 45.0 Å². The Kier molecular flexibility index (Phi) is 25.9. The lowest BCUT2D eigenvalue weighted by atomic mass is 9.99. The molecule has 7 amide bonds. The molecular formula is C46H76N10O12. The summed E-state index contributed by atoms with van der Waals surface area (Å²) in [6, 6.07) is -3.45.